The van der Waals surface area contributed by atoms with Gasteiger partial charge in [0.1, 0.15) is 5.75 Å². The quantitative estimate of drug-likeness (QED) is 0.705. The van der Waals surface area contributed by atoms with Crippen LogP contribution in [0.4, 0.5) is 5.69 Å². The van der Waals surface area contributed by atoms with Crippen LogP contribution in [0.25, 0.3) is 0 Å². The number of carbonyl (C=O) groups excluding carboxylic acids is 2. The highest BCUT2D eigenvalue weighted by atomic mass is 16.5. The molecule has 6 nitrogen and oxygen atoms in total. The number of hydrogen-bond acceptors (Lipinski definition) is 4. The van der Waals surface area contributed by atoms with Gasteiger partial charge in [0.15, 0.2) is 6.61 Å². The van der Waals surface area contributed by atoms with Crippen LogP contribution in [0.1, 0.15) is 12.0 Å². The van der Waals surface area contributed by atoms with E-state index in [9.17, 15) is 9.59 Å². The van der Waals surface area contributed by atoms with Crippen LogP contribution in [-0.4, -0.2) is 62.0 Å². The zero-order valence-corrected chi connectivity index (χ0v) is 16.5. The number of nitrogens with zero attached hydrogens (tertiary/aromatic N) is 3. The van der Waals surface area contributed by atoms with E-state index in [0.717, 1.165) is 17.8 Å². The van der Waals surface area contributed by atoms with E-state index in [1.165, 1.54) is 0 Å². The third-order valence-corrected chi connectivity index (χ3v) is 4.74. The van der Waals surface area contributed by atoms with Crippen molar-refractivity contribution >= 4 is 17.5 Å². The van der Waals surface area contributed by atoms with Crippen LogP contribution in [-0.2, 0) is 16.1 Å². The molecule has 0 aliphatic carbocycles. The Morgan fingerprint density at radius 2 is 1.75 bits per heavy atom. The first-order valence-electron chi connectivity index (χ1n) is 9.53. The zero-order chi connectivity index (χ0) is 19.9. The lowest BCUT2D eigenvalue weighted by Crippen LogP contribution is -2.42. The summed E-state index contributed by atoms with van der Waals surface area (Å²) in [6.07, 6.45) is 0.278. The molecule has 148 valence electrons. The smallest absolute Gasteiger partial charge is 0.265 e. The Balaban J connectivity index is 1.67. The Labute approximate surface area is 166 Å². The molecular formula is C22H27N3O3. The number of amides is 2. The van der Waals surface area contributed by atoms with Crippen molar-refractivity contribution in [3.8, 4) is 5.75 Å². The second kappa shape index (κ2) is 9.37. The first-order chi connectivity index (χ1) is 13.5. The highest BCUT2D eigenvalue weighted by Crippen LogP contribution is 2.31. The van der Waals surface area contributed by atoms with Gasteiger partial charge in [0.05, 0.1) is 5.69 Å². The van der Waals surface area contributed by atoms with Gasteiger partial charge >= 0.3 is 0 Å². The second-order valence-electron chi connectivity index (χ2n) is 7.16. The van der Waals surface area contributed by atoms with Crippen LogP contribution in [0.5, 0.6) is 5.75 Å². The van der Waals surface area contributed by atoms with Gasteiger partial charge in [-0.3, -0.25) is 9.59 Å². The van der Waals surface area contributed by atoms with Gasteiger partial charge in [0.25, 0.3) is 5.91 Å². The average Bonchev–Trinajstić information content (AvgIpc) is 2.70. The summed E-state index contributed by atoms with van der Waals surface area (Å²) in [6.45, 7) is 2.37. The van der Waals surface area contributed by atoms with Crippen molar-refractivity contribution in [1.82, 2.24) is 9.80 Å². The predicted octanol–water partition coefficient (Wildman–Crippen LogP) is 2.39. The molecule has 0 bridgehead atoms. The van der Waals surface area contributed by atoms with Gasteiger partial charge in [-0.15, -0.1) is 0 Å². The Morgan fingerprint density at radius 1 is 1.04 bits per heavy atom. The van der Waals surface area contributed by atoms with Crippen molar-refractivity contribution in [1.29, 1.82) is 0 Å². The Kier molecular flexibility index (Phi) is 6.66. The van der Waals surface area contributed by atoms with Crippen molar-refractivity contribution in [3.63, 3.8) is 0 Å². The molecule has 3 rings (SSSR count). The maximum atomic E-state index is 13.0. The molecule has 0 spiro atoms. The van der Waals surface area contributed by atoms with Crippen LogP contribution in [0.3, 0.4) is 0 Å². The van der Waals surface area contributed by atoms with Crippen LogP contribution >= 0.6 is 0 Å². The number of anilines is 1. The van der Waals surface area contributed by atoms with Gasteiger partial charge in [-0.2, -0.15) is 0 Å². The highest BCUT2D eigenvalue weighted by Gasteiger charge is 2.26. The number of ether oxygens (including phenoxy) is 1. The number of rotatable bonds is 8. The Bertz CT molecular complexity index is 808. The van der Waals surface area contributed by atoms with Crippen LogP contribution < -0.4 is 9.64 Å². The highest BCUT2D eigenvalue weighted by molar-refractivity contribution is 5.98. The third-order valence-electron chi connectivity index (χ3n) is 4.74. The van der Waals surface area contributed by atoms with Gasteiger partial charge in [-0.25, -0.2) is 0 Å². The maximum Gasteiger partial charge on any atom is 0.265 e. The van der Waals surface area contributed by atoms with E-state index in [4.69, 9.17) is 4.74 Å². The molecule has 28 heavy (non-hydrogen) atoms. The minimum Gasteiger partial charge on any atom is -0.482 e. The van der Waals surface area contributed by atoms with E-state index >= 15 is 0 Å². The summed E-state index contributed by atoms with van der Waals surface area (Å²) in [6, 6.07) is 17.4. The summed E-state index contributed by atoms with van der Waals surface area (Å²) in [5.74, 6) is 0.611. The summed E-state index contributed by atoms with van der Waals surface area (Å²) < 4.78 is 5.47. The molecule has 2 aromatic rings. The number of para-hydroxylation sites is 2. The van der Waals surface area contributed by atoms with Gasteiger partial charge in [0.2, 0.25) is 5.91 Å². The molecule has 0 fully saturated rings. The molecule has 1 aliphatic heterocycles. The van der Waals surface area contributed by atoms with Crippen LogP contribution in [0.2, 0.25) is 0 Å². The molecule has 1 heterocycles. The monoisotopic (exact) mass is 381 g/mol. The van der Waals surface area contributed by atoms with Gasteiger partial charge in [-0.1, -0.05) is 42.5 Å². The molecule has 0 aromatic heterocycles. The van der Waals surface area contributed by atoms with E-state index in [1.807, 2.05) is 73.6 Å². The Hall–Kier alpha value is -2.86. The standard InChI is InChI=1S/C22H27N3O3/c1-23(2)14-15-24(16-18-8-4-3-5-9-18)21(26)12-13-25-19-10-6-7-11-20(19)28-17-22(25)27/h3-11H,12-17H2,1-2H3. The summed E-state index contributed by atoms with van der Waals surface area (Å²) in [5, 5.41) is 0. The van der Waals surface area contributed by atoms with Crippen molar-refractivity contribution in [2.24, 2.45) is 0 Å². The molecule has 2 aromatic carbocycles. The first kappa shape index (κ1) is 19.9. The number of hydrogen-bond donors (Lipinski definition) is 0. The lowest BCUT2D eigenvalue weighted by molar-refractivity contribution is -0.131. The lowest BCUT2D eigenvalue weighted by Gasteiger charge is -2.30. The van der Waals surface area contributed by atoms with Crippen molar-refractivity contribution in [3.05, 3.63) is 60.2 Å². The van der Waals surface area contributed by atoms with Gasteiger partial charge in [-0.05, 0) is 31.8 Å². The normalized spacial score (nSPS) is 13.2. The largest absolute Gasteiger partial charge is 0.482 e. The van der Waals surface area contributed by atoms with E-state index in [-0.39, 0.29) is 24.8 Å². The predicted molar refractivity (Wildman–Crippen MR) is 109 cm³/mol. The summed E-state index contributed by atoms with van der Waals surface area (Å²) in [4.78, 5) is 30.9. The SMILES string of the molecule is CN(C)CCN(Cc1ccccc1)C(=O)CCN1C(=O)COc2ccccc21. The van der Waals surface area contributed by atoms with Crippen molar-refractivity contribution in [2.75, 3.05) is 45.2 Å². The van der Waals surface area contributed by atoms with E-state index in [1.54, 1.807) is 4.90 Å². The summed E-state index contributed by atoms with van der Waals surface area (Å²) in [7, 11) is 3.99. The molecule has 2 amide bonds. The summed E-state index contributed by atoms with van der Waals surface area (Å²) >= 11 is 0. The molecule has 0 saturated heterocycles. The zero-order valence-electron chi connectivity index (χ0n) is 16.5. The first-order valence-corrected chi connectivity index (χ1v) is 9.53. The summed E-state index contributed by atoms with van der Waals surface area (Å²) in [5.41, 5.74) is 1.83. The molecular weight excluding hydrogens is 354 g/mol. The van der Waals surface area contributed by atoms with Gasteiger partial charge < -0.3 is 19.4 Å². The van der Waals surface area contributed by atoms with Crippen molar-refractivity contribution < 1.29 is 14.3 Å². The minimum atomic E-state index is -0.116. The fourth-order valence-corrected chi connectivity index (χ4v) is 3.18. The number of carbonyl (C=O) groups is 2. The molecule has 0 saturated carbocycles. The molecule has 6 heteroatoms. The number of benzene rings is 2. The average molecular weight is 381 g/mol. The second-order valence-corrected chi connectivity index (χ2v) is 7.16. The molecule has 0 radical (unpaired) electrons. The minimum absolute atomic E-state index is 0.0135. The van der Waals surface area contributed by atoms with E-state index in [0.29, 0.717) is 25.4 Å². The Morgan fingerprint density at radius 3 is 2.50 bits per heavy atom. The number of likely N-dealkylation sites (N-methyl/N-ethyl adjacent to an activating group) is 1. The maximum absolute atomic E-state index is 13.0. The van der Waals surface area contributed by atoms with Crippen LogP contribution in [0, 0.1) is 0 Å². The van der Waals surface area contributed by atoms with Crippen molar-refractivity contribution in [2.45, 2.75) is 13.0 Å². The molecule has 0 atom stereocenters. The lowest BCUT2D eigenvalue weighted by atomic mass is 10.2. The van der Waals surface area contributed by atoms with E-state index in [2.05, 4.69) is 4.90 Å². The molecule has 0 unspecified atom stereocenters. The molecule has 1 aliphatic rings. The number of fused-ring (bicyclic) bond motifs is 1. The van der Waals surface area contributed by atoms with Crippen LogP contribution in [0.15, 0.2) is 54.6 Å². The topological polar surface area (TPSA) is 53.1 Å². The fourth-order valence-electron chi connectivity index (χ4n) is 3.18. The third kappa shape index (κ3) is 5.10. The van der Waals surface area contributed by atoms with E-state index < -0.39 is 0 Å². The fraction of sp³-hybridized carbons (Fsp3) is 0.364. The van der Waals surface area contributed by atoms with Gasteiger partial charge in [0, 0.05) is 32.6 Å². The molecule has 0 N–H and O–H groups in total.